The number of nitrogens with one attached hydrogen (secondary N) is 1. The number of fused-ring (bicyclic) bond motifs is 1. The average Bonchev–Trinajstić information content (AvgIpc) is 3.55. The number of benzene rings is 2. The van der Waals surface area contributed by atoms with Gasteiger partial charge in [-0.1, -0.05) is 6.07 Å². The van der Waals surface area contributed by atoms with Gasteiger partial charge in [0, 0.05) is 38.3 Å². The van der Waals surface area contributed by atoms with Crippen LogP contribution in [-0.2, 0) is 47.9 Å². The lowest BCUT2D eigenvalue weighted by molar-refractivity contribution is -0.143. The van der Waals surface area contributed by atoms with Crippen LogP contribution in [0.3, 0.4) is 0 Å². The van der Waals surface area contributed by atoms with E-state index in [2.05, 4.69) is 22.5 Å². The number of hydrogen-bond acceptors (Lipinski definition) is 5. The lowest BCUT2D eigenvalue weighted by atomic mass is 10.0. The number of halogens is 7. The third-order valence-corrected chi connectivity index (χ3v) is 7.52. The van der Waals surface area contributed by atoms with Gasteiger partial charge in [-0.3, -0.25) is 4.79 Å². The van der Waals surface area contributed by atoms with E-state index in [1.807, 2.05) is 13.8 Å². The average molecular weight is 636 g/mol. The molecule has 0 bridgehead atoms. The Labute approximate surface area is 253 Å². The third kappa shape index (κ3) is 8.95. The topological polar surface area (TPSA) is 65.0 Å². The van der Waals surface area contributed by atoms with E-state index >= 15 is 0 Å². The second kappa shape index (κ2) is 14.1. The molecule has 0 saturated heterocycles. The smallest absolute Gasteiger partial charge is 0.416 e. The van der Waals surface area contributed by atoms with Crippen LogP contribution in [0.15, 0.2) is 42.3 Å². The monoisotopic (exact) mass is 635 g/mol. The van der Waals surface area contributed by atoms with E-state index in [-0.39, 0.29) is 49.6 Å². The zero-order valence-electron chi connectivity index (χ0n) is 23.9. The summed E-state index contributed by atoms with van der Waals surface area (Å²) in [5.74, 6) is -0.549. The van der Waals surface area contributed by atoms with E-state index in [1.54, 1.807) is 11.0 Å². The fourth-order valence-electron chi connectivity index (χ4n) is 5.46. The predicted octanol–water partition coefficient (Wildman–Crippen LogP) is 7.48. The molecule has 0 aromatic heterocycles. The quantitative estimate of drug-likeness (QED) is 0.186. The van der Waals surface area contributed by atoms with E-state index in [9.17, 15) is 31.1 Å². The van der Waals surface area contributed by atoms with Crippen molar-refractivity contribution in [2.75, 3.05) is 18.0 Å². The maximum Gasteiger partial charge on any atom is 0.416 e. The molecule has 43 heavy (non-hydrogen) atoms. The zero-order valence-corrected chi connectivity index (χ0v) is 24.8. The molecule has 13 heteroatoms. The highest BCUT2D eigenvalue weighted by molar-refractivity contribution is 5.85. The van der Waals surface area contributed by atoms with Gasteiger partial charge in [-0.05, 0) is 98.5 Å². The van der Waals surface area contributed by atoms with Gasteiger partial charge < -0.3 is 19.7 Å². The van der Waals surface area contributed by atoms with Crippen LogP contribution in [0.2, 0.25) is 0 Å². The highest BCUT2D eigenvalue weighted by Gasteiger charge is 2.37. The van der Waals surface area contributed by atoms with Crippen LogP contribution >= 0.6 is 12.4 Å². The van der Waals surface area contributed by atoms with Gasteiger partial charge >= 0.3 is 18.3 Å². The second-order valence-electron chi connectivity index (χ2n) is 10.8. The molecule has 2 N–H and O–H groups in total. The molecular weight excluding hydrogens is 600 g/mol. The van der Waals surface area contributed by atoms with Crippen molar-refractivity contribution in [1.29, 1.82) is 0 Å². The molecule has 4 rings (SSSR count). The SMILES string of the molecule is CCN(CCCCC(=O)O)c1cc2c(cc1CN(Cc1cc(C(F)(F)F)cc(C(F)(F)F)c1)C1=CC(C)NO1)CCC2.Cl. The number of carbonyl (C=O) groups is 1. The van der Waals surface area contributed by atoms with Crippen molar-refractivity contribution in [3.63, 3.8) is 0 Å². The lowest BCUT2D eigenvalue weighted by Crippen LogP contribution is -2.29. The number of hydrogen-bond donors (Lipinski definition) is 2. The van der Waals surface area contributed by atoms with Gasteiger partial charge in [-0.2, -0.15) is 26.3 Å². The van der Waals surface area contributed by atoms with Crippen LogP contribution in [-0.4, -0.2) is 35.1 Å². The largest absolute Gasteiger partial charge is 0.481 e. The predicted molar refractivity (Wildman–Crippen MR) is 153 cm³/mol. The first kappa shape index (κ1) is 34.4. The summed E-state index contributed by atoms with van der Waals surface area (Å²) in [5, 5.41) is 9.00. The second-order valence-corrected chi connectivity index (χ2v) is 10.8. The van der Waals surface area contributed by atoms with Crippen LogP contribution in [0.25, 0.3) is 0 Å². The van der Waals surface area contributed by atoms with Crippen molar-refractivity contribution >= 4 is 24.1 Å². The number of rotatable bonds is 12. The number of anilines is 1. The van der Waals surface area contributed by atoms with Crippen LogP contribution in [0.5, 0.6) is 0 Å². The standard InChI is InChI=1S/C30H35F6N3O3.ClH/c1-3-38(10-5-4-9-28(40)41)26-15-22-8-6-7-21(22)14-23(26)18-39(27-11-19(2)37-42-27)17-20-12-24(29(31,32)33)16-25(13-20)30(34,35)36;/h11-16,19,37H,3-10,17-18H2,1-2H3,(H,40,41);1H. The first-order valence-electron chi connectivity index (χ1n) is 14.0. The highest BCUT2D eigenvalue weighted by Crippen LogP contribution is 2.38. The Morgan fingerprint density at radius 3 is 2.12 bits per heavy atom. The highest BCUT2D eigenvalue weighted by atomic mass is 35.5. The minimum Gasteiger partial charge on any atom is -0.481 e. The summed E-state index contributed by atoms with van der Waals surface area (Å²) in [5.41, 5.74) is 4.06. The van der Waals surface area contributed by atoms with Crippen molar-refractivity contribution in [2.24, 2.45) is 0 Å². The summed E-state index contributed by atoms with van der Waals surface area (Å²) < 4.78 is 81.5. The number of carboxylic acids is 1. The maximum atomic E-state index is 13.6. The molecule has 1 unspecified atom stereocenters. The van der Waals surface area contributed by atoms with Gasteiger partial charge in [0.1, 0.15) is 0 Å². The summed E-state index contributed by atoms with van der Waals surface area (Å²) in [6.07, 6.45) is -4.14. The molecule has 2 aliphatic rings. The van der Waals surface area contributed by atoms with Gasteiger partial charge in [0.05, 0.1) is 17.2 Å². The van der Waals surface area contributed by atoms with Gasteiger partial charge in [-0.25, -0.2) is 0 Å². The molecule has 2 aromatic rings. The Morgan fingerprint density at radius 2 is 1.58 bits per heavy atom. The van der Waals surface area contributed by atoms with Gasteiger partial charge in [0.2, 0.25) is 5.88 Å². The number of hydroxylamine groups is 1. The third-order valence-electron chi connectivity index (χ3n) is 7.52. The summed E-state index contributed by atoms with van der Waals surface area (Å²) in [6.45, 7) is 4.96. The fraction of sp³-hybridized carbons (Fsp3) is 0.500. The Morgan fingerprint density at radius 1 is 0.953 bits per heavy atom. The summed E-state index contributed by atoms with van der Waals surface area (Å²) in [6, 6.07) is 5.61. The maximum absolute atomic E-state index is 13.6. The molecule has 0 amide bonds. The molecule has 1 atom stereocenters. The normalized spacial score (nSPS) is 16.3. The Kier molecular flexibility index (Phi) is 11.3. The molecule has 1 heterocycles. The summed E-state index contributed by atoms with van der Waals surface area (Å²) in [7, 11) is 0. The van der Waals surface area contributed by atoms with Crippen molar-refractivity contribution in [3.8, 4) is 0 Å². The molecule has 1 aliphatic heterocycles. The van der Waals surface area contributed by atoms with Gasteiger partial charge in [0.15, 0.2) is 0 Å². The van der Waals surface area contributed by atoms with E-state index in [4.69, 9.17) is 9.94 Å². The fourth-order valence-corrected chi connectivity index (χ4v) is 5.46. The van der Waals surface area contributed by atoms with E-state index in [0.717, 1.165) is 42.6 Å². The molecule has 0 radical (unpaired) electrons. The van der Waals surface area contributed by atoms with Crippen molar-refractivity contribution in [2.45, 2.75) is 83.9 Å². The zero-order chi connectivity index (χ0) is 30.7. The molecule has 0 spiro atoms. The van der Waals surface area contributed by atoms with E-state index in [1.165, 1.54) is 11.1 Å². The number of carboxylic acid groups (broad SMARTS) is 1. The number of aliphatic carboxylic acids is 1. The minimum absolute atomic E-state index is 0. The molecule has 1 aliphatic carbocycles. The van der Waals surface area contributed by atoms with E-state index < -0.39 is 29.4 Å². The number of unbranched alkanes of at least 4 members (excludes halogenated alkanes) is 1. The Balaban J connectivity index is 0.00000506. The van der Waals surface area contributed by atoms with Crippen LogP contribution in [0, 0.1) is 0 Å². The van der Waals surface area contributed by atoms with Crippen LogP contribution in [0.4, 0.5) is 32.0 Å². The number of nitrogens with zero attached hydrogens (tertiary/aromatic N) is 2. The minimum atomic E-state index is -4.95. The van der Waals surface area contributed by atoms with Crippen LogP contribution < -0.4 is 10.4 Å². The molecule has 6 nitrogen and oxygen atoms in total. The summed E-state index contributed by atoms with van der Waals surface area (Å²) >= 11 is 0. The number of aryl methyl sites for hydroxylation is 2. The summed E-state index contributed by atoms with van der Waals surface area (Å²) in [4.78, 5) is 20.4. The molecular formula is C30H36ClF6N3O3. The van der Waals surface area contributed by atoms with Crippen LogP contribution in [0.1, 0.15) is 72.9 Å². The Hall–Kier alpha value is -3.12. The van der Waals surface area contributed by atoms with Crippen molar-refractivity contribution in [3.05, 3.63) is 75.7 Å². The van der Waals surface area contributed by atoms with Gasteiger partial charge in [0.25, 0.3) is 0 Å². The molecule has 2 aromatic carbocycles. The molecule has 0 saturated carbocycles. The van der Waals surface area contributed by atoms with Crippen molar-refractivity contribution < 1.29 is 41.1 Å². The van der Waals surface area contributed by atoms with Gasteiger partial charge in [-0.15, -0.1) is 17.9 Å². The first-order chi connectivity index (χ1) is 19.7. The lowest BCUT2D eigenvalue weighted by Gasteiger charge is -2.31. The number of alkyl halides is 6. The molecule has 238 valence electrons. The molecule has 0 fully saturated rings. The first-order valence-corrected chi connectivity index (χ1v) is 14.0. The Bertz CT molecular complexity index is 1280. The van der Waals surface area contributed by atoms with E-state index in [0.29, 0.717) is 31.8 Å². The van der Waals surface area contributed by atoms with Crippen molar-refractivity contribution in [1.82, 2.24) is 10.4 Å².